The SMILES string of the molecule is COCC(NC(=O)N1CCC(C)(C)S(=O)(=O)CC1)c1ccc(F)cc1. The molecule has 140 valence electrons. The molecule has 1 aromatic carbocycles. The Morgan fingerprint density at radius 3 is 2.56 bits per heavy atom. The number of sulfone groups is 1. The van der Waals surface area contributed by atoms with E-state index < -0.39 is 20.6 Å². The Bertz CT molecular complexity index is 704. The van der Waals surface area contributed by atoms with Gasteiger partial charge in [-0.25, -0.2) is 17.6 Å². The minimum atomic E-state index is -3.25. The smallest absolute Gasteiger partial charge is 0.317 e. The van der Waals surface area contributed by atoms with Crippen LogP contribution in [0.15, 0.2) is 24.3 Å². The van der Waals surface area contributed by atoms with Gasteiger partial charge in [0, 0.05) is 20.2 Å². The molecule has 0 aliphatic carbocycles. The summed E-state index contributed by atoms with van der Waals surface area (Å²) in [5, 5.41) is 2.85. The molecule has 25 heavy (non-hydrogen) atoms. The zero-order valence-corrected chi connectivity index (χ0v) is 15.6. The number of methoxy groups -OCH3 is 1. The van der Waals surface area contributed by atoms with Crippen LogP contribution in [0.2, 0.25) is 0 Å². The maximum atomic E-state index is 13.1. The predicted molar refractivity (Wildman–Crippen MR) is 93.6 cm³/mol. The van der Waals surface area contributed by atoms with Gasteiger partial charge in [0.2, 0.25) is 0 Å². The molecule has 0 spiro atoms. The molecule has 1 aliphatic heterocycles. The Morgan fingerprint density at radius 2 is 1.96 bits per heavy atom. The van der Waals surface area contributed by atoms with Crippen molar-refractivity contribution in [3.8, 4) is 0 Å². The fourth-order valence-corrected chi connectivity index (χ4v) is 4.12. The van der Waals surface area contributed by atoms with Gasteiger partial charge in [-0.2, -0.15) is 0 Å². The number of halogens is 1. The lowest BCUT2D eigenvalue weighted by atomic mass is 10.1. The summed E-state index contributed by atoms with van der Waals surface area (Å²) in [4.78, 5) is 14.1. The summed E-state index contributed by atoms with van der Waals surface area (Å²) >= 11 is 0. The molecule has 8 heteroatoms. The number of amides is 2. The Kier molecular flexibility index (Phi) is 6.05. The quantitative estimate of drug-likeness (QED) is 0.878. The Hall–Kier alpha value is -1.67. The molecule has 2 amide bonds. The number of rotatable bonds is 4. The molecule has 0 saturated carbocycles. The second kappa shape index (κ2) is 7.70. The second-order valence-electron chi connectivity index (χ2n) is 6.82. The van der Waals surface area contributed by atoms with Crippen molar-refractivity contribution < 1.29 is 22.3 Å². The molecule has 6 nitrogen and oxygen atoms in total. The third-order valence-corrected chi connectivity index (χ3v) is 7.25. The summed E-state index contributed by atoms with van der Waals surface area (Å²) in [7, 11) is -1.73. The van der Waals surface area contributed by atoms with E-state index in [9.17, 15) is 17.6 Å². The number of nitrogens with one attached hydrogen (secondary N) is 1. The van der Waals surface area contributed by atoms with E-state index >= 15 is 0 Å². The standard InChI is InChI=1S/C17H25FN2O4S/c1-17(2)8-9-20(10-11-25(17,22)23)16(21)19-15(12-24-3)13-4-6-14(18)7-5-13/h4-7,15H,8-12H2,1-3H3,(H,19,21). The first-order valence-electron chi connectivity index (χ1n) is 8.18. The van der Waals surface area contributed by atoms with Gasteiger partial charge in [-0.1, -0.05) is 12.1 Å². The van der Waals surface area contributed by atoms with E-state index in [1.54, 1.807) is 26.0 Å². The van der Waals surface area contributed by atoms with Gasteiger partial charge in [-0.05, 0) is 38.0 Å². The highest BCUT2D eigenvalue weighted by Gasteiger charge is 2.38. The van der Waals surface area contributed by atoms with Crippen molar-refractivity contribution in [2.45, 2.75) is 31.1 Å². The predicted octanol–water partition coefficient (Wildman–Crippen LogP) is 2.12. The van der Waals surface area contributed by atoms with Crippen LogP contribution in [0, 0.1) is 5.82 Å². The number of hydrogen-bond donors (Lipinski definition) is 1. The maximum Gasteiger partial charge on any atom is 0.317 e. The van der Waals surface area contributed by atoms with Crippen molar-refractivity contribution in [3.63, 3.8) is 0 Å². The zero-order valence-electron chi connectivity index (χ0n) is 14.8. The normalized spacial score (nSPS) is 20.6. The van der Waals surface area contributed by atoms with Gasteiger partial charge in [0.05, 0.1) is 23.1 Å². The molecule has 1 saturated heterocycles. The van der Waals surface area contributed by atoms with Crippen molar-refractivity contribution in [1.82, 2.24) is 10.2 Å². The van der Waals surface area contributed by atoms with Gasteiger partial charge in [-0.15, -0.1) is 0 Å². The molecular weight excluding hydrogens is 347 g/mol. The third-order valence-electron chi connectivity index (χ3n) is 4.65. The summed E-state index contributed by atoms with van der Waals surface area (Å²) < 4.78 is 41.9. The average molecular weight is 372 g/mol. The monoisotopic (exact) mass is 372 g/mol. The lowest BCUT2D eigenvalue weighted by Crippen LogP contribution is -2.44. The van der Waals surface area contributed by atoms with E-state index in [1.807, 2.05) is 0 Å². The highest BCUT2D eigenvalue weighted by atomic mass is 32.2. The molecule has 1 unspecified atom stereocenters. The van der Waals surface area contributed by atoms with Gasteiger partial charge in [0.25, 0.3) is 0 Å². The number of ether oxygens (including phenoxy) is 1. The minimum absolute atomic E-state index is 0.0566. The molecule has 1 N–H and O–H groups in total. The van der Waals surface area contributed by atoms with Gasteiger partial charge in [-0.3, -0.25) is 0 Å². The summed E-state index contributed by atoms with van der Waals surface area (Å²) in [6.07, 6.45) is 0.383. The first-order chi connectivity index (χ1) is 11.7. The molecule has 1 atom stereocenters. The van der Waals surface area contributed by atoms with Crippen LogP contribution in [-0.4, -0.2) is 56.7 Å². The molecule has 1 fully saturated rings. The maximum absolute atomic E-state index is 13.1. The number of benzene rings is 1. The highest BCUT2D eigenvalue weighted by molar-refractivity contribution is 7.92. The van der Waals surface area contributed by atoms with Crippen LogP contribution in [0.25, 0.3) is 0 Å². The van der Waals surface area contributed by atoms with Crippen molar-refractivity contribution >= 4 is 15.9 Å². The van der Waals surface area contributed by atoms with Crippen LogP contribution in [0.3, 0.4) is 0 Å². The van der Waals surface area contributed by atoms with Crippen LogP contribution >= 0.6 is 0 Å². The van der Waals surface area contributed by atoms with Crippen molar-refractivity contribution in [2.75, 3.05) is 32.6 Å². The summed E-state index contributed by atoms with van der Waals surface area (Å²) in [6.45, 7) is 4.13. The Labute approximate surface area is 148 Å². The topological polar surface area (TPSA) is 75.7 Å². The molecule has 0 aromatic heterocycles. The van der Waals surface area contributed by atoms with Crippen molar-refractivity contribution in [3.05, 3.63) is 35.6 Å². The average Bonchev–Trinajstić information content (AvgIpc) is 2.64. The minimum Gasteiger partial charge on any atom is -0.382 e. The van der Waals surface area contributed by atoms with Crippen molar-refractivity contribution in [2.24, 2.45) is 0 Å². The van der Waals surface area contributed by atoms with E-state index in [4.69, 9.17) is 4.74 Å². The van der Waals surface area contributed by atoms with Crippen molar-refractivity contribution in [1.29, 1.82) is 0 Å². The van der Waals surface area contributed by atoms with Crippen LogP contribution in [0.1, 0.15) is 31.9 Å². The number of urea groups is 1. The molecule has 1 heterocycles. The lowest BCUT2D eigenvalue weighted by Gasteiger charge is -2.26. The van der Waals surface area contributed by atoms with Gasteiger partial charge in [0.15, 0.2) is 9.84 Å². The highest BCUT2D eigenvalue weighted by Crippen LogP contribution is 2.25. The van der Waals surface area contributed by atoms with Crippen LogP contribution in [0.5, 0.6) is 0 Å². The van der Waals surface area contributed by atoms with E-state index in [0.717, 1.165) is 5.56 Å². The van der Waals surface area contributed by atoms with Gasteiger partial charge < -0.3 is 15.0 Å². The summed E-state index contributed by atoms with van der Waals surface area (Å²) in [6, 6.07) is 5.05. The van der Waals surface area contributed by atoms with Crippen LogP contribution < -0.4 is 5.32 Å². The first-order valence-corrected chi connectivity index (χ1v) is 9.84. The van der Waals surface area contributed by atoms with Crippen LogP contribution in [0.4, 0.5) is 9.18 Å². The van der Waals surface area contributed by atoms with E-state index in [2.05, 4.69) is 5.32 Å². The Morgan fingerprint density at radius 1 is 1.32 bits per heavy atom. The first kappa shape index (κ1) is 19.7. The number of hydrogen-bond acceptors (Lipinski definition) is 4. The lowest BCUT2D eigenvalue weighted by molar-refractivity contribution is 0.155. The molecule has 0 radical (unpaired) electrons. The molecule has 1 aliphatic rings. The molecular formula is C17H25FN2O4S. The molecule has 2 rings (SSSR count). The van der Waals surface area contributed by atoms with E-state index in [1.165, 1.54) is 24.1 Å². The largest absolute Gasteiger partial charge is 0.382 e. The van der Waals surface area contributed by atoms with E-state index in [0.29, 0.717) is 13.0 Å². The molecule has 1 aromatic rings. The van der Waals surface area contributed by atoms with Gasteiger partial charge in [0.1, 0.15) is 5.82 Å². The molecule has 0 bridgehead atoms. The van der Waals surface area contributed by atoms with E-state index in [-0.39, 0.29) is 30.8 Å². The van der Waals surface area contributed by atoms with Gasteiger partial charge >= 0.3 is 6.03 Å². The van der Waals surface area contributed by atoms with Crippen LogP contribution in [-0.2, 0) is 14.6 Å². The number of nitrogens with zero attached hydrogens (tertiary/aromatic N) is 1. The number of carbonyl (C=O) groups excluding carboxylic acids is 1. The fourth-order valence-electron chi connectivity index (χ4n) is 2.70. The Balaban J connectivity index is 2.09. The third kappa shape index (κ3) is 4.70. The number of carbonyl (C=O) groups is 1. The summed E-state index contributed by atoms with van der Waals surface area (Å²) in [5.74, 6) is -0.412. The fraction of sp³-hybridized carbons (Fsp3) is 0.588. The summed E-state index contributed by atoms with van der Waals surface area (Å²) in [5.41, 5.74) is 0.722. The second-order valence-corrected chi connectivity index (χ2v) is 9.57. The zero-order chi connectivity index (χ0) is 18.7.